The number of nitrogens with one attached hydrogen (secondary N) is 3. The molecule has 3 N–H and O–H groups in total. The molecule has 1 fully saturated rings. The van der Waals surface area contributed by atoms with Gasteiger partial charge in [0.15, 0.2) is 0 Å². The van der Waals surface area contributed by atoms with E-state index in [4.69, 9.17) is 9.47 Å². The van der Waals surface area contributed by atoms with E-state index in [9.17, 15) is 24.0 Å². The highest BCUT2D eigenvalue weighted by atomic mass is 16.5. The lowest BCUT2D eigenvalue weighted by molar-refractivity contribution is -0.142. The topological polar surface area (TPSA) is 143 Å². The number of Topliss-reactive ketones (excluding diaryl/α,β-unsaturated/α-hetero) is 1. The molecule has 0 aromatic heterocycles. The molecule has 11 heteroatoms. The molecule has 0 aliphatic heterocycles. The van der Waals surface area contributed by atoms with Gasteiger partial charge < -0.3 is 30.3 Å². The number of ketones is 1. The van der Waals surface area contributed by atoms with Crippen molar-refractivity contribution in [3.05, 3.63) is 42.5 Å². The molecule has 0 radical (unpaired) electrons. The molecule has 1 aromatic rings. The maximum absolute atomic E-state index is 12.6. The van der Waals surface area contributed by atoms with Crippen molar-refractivity contribution in [1.82, 2.24) is 20.9 Å². The van der Waals surface area contributed by atoms with Gasteiger partial charge in [0, 0.05) is 27.1 Å². The van der Waals surface area contributed by atoms with E-state index < -0.39 is 35.6 Å². The lowest BCUT2D eigenvalue weighted by Gasteiger charge is -2.28. The van der Waals surface area contributed by atoms with Crippen molar-refractivity contribution in [1.29, 1.82) is 0 Å². The fourth-order valence-electron chi connectivity index (χ4n) is 4.79. The molecule has 0 heterocycles. The third-order valence-electron chi connectivity index (χ3n) is 8.00. The molecule has 1 aromatic carbocycles. The smallest absolute Gasteiger partial charge is 0.289 e. The van der Waals surface area contributed by atoms with E-state index in [1.165, 1.54) is 62.1 Å². The molecule has 3 atom stereocenters. The number of amides is 4. The van der Waals surface area contributed by atoms with E-state index >= 15 is 0 Å². The van der Waals surface area contributed by atoms with E-state index in [1.807, 2.05) is 26.0 Å². The Morgan fingerprint density at radius 2 is 1.67 bits per heavy atom. The Morgan fingerprint density at radius 3 is 2.19 bits per heavy atom. The normalized spacial score (nSPS) is 13.8. The molecule has 0 bridgehead atoms. The molecule has 1 saturated carbocycles. The summed E-state index contributed by atoms with van der Waals surface area (Å²) in [5, 5.41) is 7.25. The van der Waals surface area contributed by atoms with Gasteiger partial charge >= 0.3 is 0 Å². The van der Waals surface area contributed by atoms with Crippen LogP contribution in [0.25, 0.3) is 0 Å². The quantitative estimate of drug-likeness (QED) is 0.101. The van der Waals surface area contributed by atoms with Crippen molar-refractivity contribution in [2.45, 2.75) is 123 Å². The van der Waals surface area contributed by atoms with E-state index in [0.717, 1.165) is 25.0 Å². The number of hydrogen-bond acceptors (Lipinski definition) is 7. The van der Waals surface area contributed by atoms with Crippen LogP contribution in [0.2, 0.25) is 0 Å². The van der Waals surface area contributed by atoms with Crippen molar-refractivity contribution in [3.8, 4) is 5.75 Å². The van der Waals surface area contributed by atoms with Gasteiger partial charge in [-0.1, -0.05) is 90.3 Å². The van der Waals surface area contributed by atoms with Crippen LogP contribution in [0.5, 0.6) is 5.75 Å². The molecule has 272 valence electrons. The van der Waals surface area contributed by atoms with E-state index in [2.05, 4.69) is 41.6 Å². The van der Waals surface area contributed by atoms with Crippen LogP contribution in [0.4, 0.5) is 0 Å². The zero-order valence-electron chi connectivity index (χ0n) is 30.3. The zero-order chi connectivity index (χ0) is 36.2. The fraction of sp³-hybridized carbons (Fsp3) is 0.649. The lowest BCUT2D eigenvalue weighted by Crippen LogP contribution is -2.54. The van der Waals surface area contributed by atoms with Gasteiger partial charge in [-0.2, -0.15) is 0 Å². The second kappa shape index (κ2) is 28.3. The average Bonchev–Trinajstić information content (AvgIpc) is 3.12. The number of hydrogen-bond donors (Lipinski definition) is 3. The van der Waals surface area contributed by atoms with Gasteiger partial charge in [0.25, 0.3) is 5.91 Å². The number of ether oxygens (including phenoxy) is 2. The van der Waals surface area contributed by atoms with Gasteiger partial charge in [-0.25, -0.2) is 0 Å². The van der Waals surface area contributed by atoms with Gasteiger partial charge in [0.05, 0.1) is 25.3 Å². The highest BCUT2D eigenvalue weighted by Gasteiger charge is 2.31. The Kier molecular flexibility index (Phi) is 26.1. The second-order valence-electron chi connectivity index (χ2n) is 11.8. The maximum Gasteiger partial charge on any atom is 0.289 e. The first-order valence-corrected chi connectivity index (χ1v) is 17.5. The van der Waals surface area contributed by atoms with Crippen molar-refractivity contribution < 1.29 is 33.4 Å². The van der Waals surface area contributed by atoms with Crippen LogP contribution in [0.1, 0.15) is 104 Å². The third-order valence-corrected chi connectivity index (χ3v) is 8.00. The molecular weight excluding hydrogens is 612 g/mol. The van der Waals surface area contributed by atoms with Gasteiger partial charge in [0.2, 0.25) is 24.0 Å². The molecule has 0 saturated heterocycles. The van der Waals surface area contributed by atoms with Crippen LogP contribution in [0.3, 0.4) is 0 Å². The van der Waals surface area contributed by atoms with E-state index in [0.29, 0.717) is 32.3 Å². The summed E-state index contributed by atoms with van der Waals surface area (Å²) < 4.78 is 10.8. The standard InChI is InChI=1S/C18H30N4O5.C13H20O2.C6H12/c1-5-8-9-13(16(25)18(27)20-10-6-2)21-17(26)14(7-3)22(4)15(24)11-19-12-23;1-4-12-6-5-7-13(10-12)15-9-8-11(2)14-3;1-2-4-6-5-3-1/h6,12-14H,2,5,7-11H2,1,3-4H3,(H,19,23)(H,20,27)(H,21,26);5-7,10-11H,4,8-9H2,1-3H3;1-6H2. The minimum Gasteiger partial charge on any atom is -0.493 e. The molecule has 1 aliphatic rings. The summed E-state index contributed by atoms with van der Waals surface area (Å²) in [5.74, 6) is -1.53. The summed E-state index contributed by atoms with van der Waals surface area (Å²) >= 11 is 0. The molecule has 11 nitrogen and oxygen atoms in total. The van der Waals surface area contributed by atoms with Gasteiger partial charge in [-0.15, -0.1) is 6.58 Å². The molecular formula is C37H62N4O7. The summed E-state index contributed by atoms with van der Waals surface area (Å²) in [7, 11) is 3.17. The average molecular weight is 675 g/mol. The van der Waals surface area contributed by atoms with Gasteiger partial charge in [0.1, 0.15) is 11.8 Å². The lowest BCUT2D eigenvalue weighted by atomic mass is 10.0. The number of aryl methyl sites for hydroxylation is 1. The number of carbonyl (C=O) groups excluding carboxylic acids is 5. The second-order valence-corrected chi connectivity index (χ2v) is 11.8. The predicted molar refractivity (Wildman–Crippen MR) is 191 cm³/mol. The van der Waals surface area contributed by atoms with E-state index in [1.54, 1.807) is 14.0 Å². The first kappa shape index (κ1) is 44.3. The summed E-state index contributed by atoms with van der Waals surface area (Å²) in [6, 6.07) is 6.46. The summed E-state index contributed by atoms with van der Waals surface area (Å²) in [5.41, 5.74) is 1.31. The first-order chi connectivity index (χ1) is 23.1. The Balaban J connectivity index is 0.000000863. The largest absolute Gasteiger partial charge is 0.493 e. The Bertz CT molecular complexity index is 1070. The Morgan fingerprint density at radius 1 is 1.02 bits per heavy atom. The van der Waals surface area contributed by atoms with Crippen molar-refractivity contribution in [2.75, 3.05) is 33.9 Å². The molecule has 1 aliphatic carbocycles. The fourth-order valence-corrected chi connectivity index (χ4v) is 4.79. The minimum atomic E-state index is -0.965. The van der Waals surface area contributed by atoms with Gasteiger partial charge in [-0.05, 0) is 43.9 Å². The van der Waals surface area contributed by atoms with Crippen molar-refractivity contribution in [3.63, 3.8) is 0 Å². The summed E-state index contributed by atoms with van der Waals surface area (Å²) in [4.78, 5) is 60.4. The number of likely N-dealkylation sites (N-methyl/N-ethyl adjacent to an activating group) is 1. The number of carbonyl (C=O) groups is 5. The van der Waals surface area contributed by atoms with Gasteiger partial charge in [-0.3, -0.25) is 24.0 Å². The maximum atomic E-state index is 12.6. The first-order valence-electron chi connectivity index (χ1n) is 17.5. The Hall–Kier alpha value is -3.73. The van der Waals surface area contributed by atoms with E-state index in [-0.39, 0.29) is 19.2 Å². The van der Waals surface area contributed by atoms with Crippen molar-refractivity contribution >= 4 is 29.9 Å². The van der Waals surface area contributed by atoms with Crippen LogP contribution in [-0.2, 0) is 35.1 Å². The zero-order valence-corrected chi connectivity index (χ0v) is 30.3. The van der Waals surface area contributed by atoms with Crippen LogP contribution < -0.4 is 20.7 Å². The predicted octanol–water partition coefficient (Wildman–Crippen LogP) is 4.91. The van der Waals surface area contributed by atoms with Crippen LogP contribution in [0, 0.1) is 0 Å². The SMILES string of the molecule is C1CCCCC1.C=CCNC(=O)C(=O)C(CCCC)NC(=O)C(CC)N(C)C(=O)CNC=O.CCc1cccc(OCCC(C)OC)c1. The summed E-state index contributed by atoms with van der Waals surface area (Å²) in [6.45, 7) is 11.9. The van der Waals surface area contributed by atoms with Crippen LogP contribution >= 0.6 is 0 Å². The summed E-state index contributed by atoms with van der Waals surface area (Å²) in [6.07, 6.45) is 15.2. The minimum absolute atomic E-state index is 0.150. The number of benzene rings is 1. The monoisotopic (exact) mass is 674 g/mol. The Labute approximate surface area is 289 Å². The number of rotatable bonds is 20. The number of methoxy groups -OCH3 is 1. The van der Waals surface area contributed by atoms with Crippen molar-refractivity contribution in [2.24, 2.45) is 0 Å². The molecule has 3 unspecified atom stereocenters. The third kappa shape index (κ3) is 19.8. The van der Waals surface area contributed by atoms with Crippen LogP contribution in [-0.4, -0.2) is 86.9 Å². The highest BCUT2D eigenvalue weighted by molar-refractivity contribution is 6.38. The van der Waals surface area contributed by atoms with Crippen LogP contribution in [0.15, 0.2) is 36.9 Å². The highest BCUT2D eigenvalue weighted by Crippen LogP contribution is 2.15. The molecule has 2 rings (SSSR count). The number of unbranched alkanes of at least 4 members (excludes halogenated alkanes) is 1. The molecule has 4 amide bonds. The number of nitrogens with zero attached hydrogens (tertiary/aromatic N) is 1. The molecule has 0 spiro atoms. The molecule has 48 heavy (non-hydrogen) atoms.